The minimum absolute atomic E-state index is 0.0184. The molecule has 4 aromatic rings. The summed E-state index contributed by atoms with van der Waals surface area (Å²) >= 11 is 0. The SMILES string of the molecule is COc1cc(C2Oc3c(ccc4c3C3(CCC(C(CCc5ccccc5)C5=CNC(N)C=C5)C3)Cc3cc(O)cc(OCO)c3-4)C2COC(C)=O)ccc1O. The van der Waals surface area contributed by atoms with Gasteiger partial charge in [0.15, 0.2) is 18.3 Å². The maximum Gasteiger partial charge on any atom is 0.302 e. The molecule has 4 aromatic carbocycles. The molecule has 0 amide bonds. The van der Waals surface area contributed by atoms with Crippen LogP contribution < -0.4 is 25.3 Å². The molecule has 286 valence electrons. The molecule has 6 unspecified atom stereocenters. The molecule has 2 aliphatic heterocycles. The third kappa shape index (κ3) is 6.89. The Bertz CT molecular complexity index is 2150. The summed E-state index contributed by atoms with van der Waals surface area (Å²) in [7, 11) is 1.51. The van der Waals surface area contributed by atoms with Crippen molar-refractivity contribution in [1.82, 2.24) is 5.32 Å². The maximum atomic E-state index is 12.2. The highest BCUT2D eigenvalue weighted by molar-refractivity contribution is 5.84. The van der Waals surface area contributed by atoms with Gasteiger partial charge < -0.3 is 45.3 Å². The second kappa shape index (κ2) is 15.0. The first-order valence-electron chi connectivity index (χ1n) is 19.1. The number of fused-ring (bicyclic) bond motifs is 6. The number of dihydropyridines is 1. The molecule has 6 N–H and O–H groups in total. The van der Waals surface area contributed by atoms with Crippen LogP contribution in [0.15, 0.2) is 96.7 Å². The summed E-state index contributed by atoms with van der Waals surface area (Å²) in [6.45, 7) is 0.961. The fraction of sp³-hybridized carbons (Fsp3) is 0.356. The molecule has 2 heterocycles. The van der Waals surface area contributed by atoms with E-state index in [4.69, 9.17) is 24.7 Å². The van der Waals surface area contributed by atoms with Crippen LogP contribution >= 0.6 is 0 Å². The third-order valence-corrected chi connectivity index (χ3v) is 12.1. The molecular weight excluding hydrogens is 697 g/mol. The number of carbonyl (C=O) groups excluding carboxylic acids is 1. The van der Waals surface area contributed by atoms with Gasteiger partial charge in [-0.1, -0.05) is 54.6 Å². The zero-order valence-corrected chi connectivity index (χ0v) is 31.2. The van der Waals surface area contributed by atoms with Crippen molar-refractivity contribution >= 4 is 5.97 Å². The number of aromatic hydroxyl groups is 2. The smallest absolute Gasteiger partial charge is 0.302 e. The third-order valence-electron chi connectivity index (χ3n) is 12.1. The number of hydrogen-bond donors (Lipinski definition) is 5. The highest BCUT2D eigenvalue weighted by Gasteiger charge is 2.51. The van der Waals surface area contributed by atoms with Crippen LogP contribution in [0.2, 0.25) is 0 Å². The molecule has 6 atom stereocenters. The number of aryl methyl sites for hydroxylation is 1. The second-order valence-corrected chi connectivity index (χ2v) is 15.3. The Morgan fingerprint density at radius 1 is 1.07 bits per heavy atom. The van der Waals surface area contributed by atoms with Crippen molar-refractivity contribution in [3.05, 3.63) is 125 Å². The molecule has 4 aliphatic rings. The number of ether oxygens (including phenoxy) is 4. The summed E-state index contributed by atoms with van der Waals surface area (Å²) in [6, 6.07) is 23.3. The van der Waals surface area contributed by atoms with Crippen LogP contribution in [0.4, 0.5) is 0 Å². The molecule has 55 heavy (non-hydrogen) atoms. The van der Waals surface area contributed by atoms with Crippen molar-refractivity contribution in [1.29, 1.82) is 0 Å². The van der Waals surface area contributed by atoms with Crippen LogP contribution in [-0.2, 0) is 27.8 Å². The van der Waals surface area contributed by atoms with Crippen LogP contribution in [0.25, 0.3) is 11.1 Å². The minimum Gasteiger partial charge on any atom is -0.508 e. The normalized spacial score (nSPS) is 23.8. The van der Waals surface area contributed by atoms with Crippen molar-refractivity contribution in [3.8, 4) is 39.9 Å². The van der Waals surface area contributed by atoms with Crippen LogP contribution in [0.5, 0.6) is 28.7 Å². The van der Waals surface area contributed by atoms with Gasteiger partial charge in [-0.25, -0.2) is 0 Å². The Morgan fingerprint density at radius 2 is 1.91 bits per heavy atom. The zero-order chi connectivity index (χ0) is 38.3. The van der Waals surface area contributed by atoms with E-state index in [9.17, 15) is 20.1 Å². The first-order valence-corrected chi connectivity index (χ1v) is 19.1. The van der Waals surface area contributed by atoms with Crippen molar-refractivity contribution in [3.63, 3.8) is 0 Å². The van der Waals surface area contributed by atoms with Gasteiger partial charge in [-0.3, -0.25) is 4.79 Å². The molecule has 0 aromatic heterocycles. The molecule has 0 bridgehead atoms. The van der Waals surface area contributed by atoms with Gasteiger partial charge in [0.25, 0.3) is 0 Å². The number of hydrogen-bond acceptors (Lipinski definition) is 10. The number of allylic oxidation sites excluding steroid dienone is 2. The van der Waals surface area contributed by atoms with Crippen LogP contribution in [-0.4, -0.2) is 48.0 Å². The van der Waals surface area contributed by atoms with Gasteiger partial charge in [0.05, 0.1) is 19.2 Å². The van der Waals surface area contributed by atoms with Gasteiger partial charge in [-0.2, -0.15) is 0 Å². The first-order chi connectivity index (χ1) is 26.7. The number of nitrogens with two attached hydrogens (primary N) is 1. The highest BCUT2D eigenvalue weighted by Crippen LogP contribution is 2.63. The number of nitrogens with one attached hydrogen (secondary N) is 1. The lowest BCUT2D eigenvalue weighted by atomic mass is 9.64. The summed E-state index contributed by atoms with van der Waals surface area (Å²) in [5.41, 5.74) is 13.9. The Balaban J connectivity index is 1.26. The predicted octanol–water partition coefficient (Wildman–Crippen LogP) is 7.05. The number of phenolic OH excluding ortho intramolecular Hbond substituents is 2. The van der Waals surface area contributed by atoms with Crippen molar-refractivity contribution < 1.29 is 39.1 Å². The molecule has 10 nitrogen and oxygen atoms in total. The second-order valence-electron chi connectivity index (χ2n) is 15.3. The van der Waals surface area contributed by atoms with Gasteiger partial charge >= 0.3 is 5.97 Å². The highest BCUT2D eigenvalue weighted by atomic mass is 16.6. The van der Waals surface area contributed by atoms with Gasteiger partial charge in [-0.05, 0) is 102 Å². The molecule has 1 spiro atoms. The Labute approximate surface area is 321 Å². The standard InChI is InChI=1S/C45H48N2O8/c1-26(49)53-24-36-34-12-13-35-41-31(18-32(50)20-39(41)54-25-48)22-45(42(35)44(34)55-43(36)28-9-14-37(51)38(19-28)52-2)17-16-29(21-45)33(30-10-15-40(46)47-23-30)11-8-27-6-4-3-5-7-27/h3-7,9-10,12-15,18-20,23,29,33,36,40,43,47-48,50-51H,8,11,16-17,21-22,24-25,46H2,1-2H3. The zero-order valence-electron chi connectivity index (χ0n) is 31.2. The summed E-state index contributed by atoms with van der Waals surface area (Å²) in [4.78, 5) is 12.2. The van der Waals surface area contributed by atoms with E-state index in [1.807, 2.05) is 30.3 Å². The first kappa shape index (κ1) is 36.5. The van der Waals surface area contributed by atoms with E-state index in [0.29, 0.717) is 23.8 Å². The molecule has 1 fully saturated rings. The van der Waals surface area contributed by atoms with Gasteiger partial charge in [0.2, 0.25) is 0 Å². The predicted molar refractivity (Wildman–Crippen MR) is 208 cm³/mol. The summed E-state index contributed by atoms with van der Waals surface area (Å²) < 4.78 is 24.0. The Hall–Kier alpha value is -5.45. The van der Waals surface area contributed by atoms with Crippen molar-refractivity contribution in [2.45, 2.75) is 69.1 Å². The molecule has 0 saturated heterocycles. The molecule has 1 saturated carbocycles. The largest absolute Gasteiger partial charge is 0.508 e. The molecule has 0 radical (unpaired) electrons. The van der Waals surface area contributed by atoms with Crippen molar-refractivity contribution in [2.75, 3.05) is 20.5 Å². The average molecular weight is 745 g/mol. The lowest BCUT2D eigenvalue weighted by molar-refractivity contribution is -0.141. The topological polar surface area (TPSA) is 153 Å². The number of carbonyl (C=O) groups is 1. The lowest BCUT2D eigenvalue weighted by Crippen LogP contribution is -2.35. The molecule has 8 rings (SSSR count). The van der Waals surface area contributed by atoms with E-state index < -0.39 is 12.9 Å². The quantitative estimate of drug-likeness (QED) is 0.0798. The number of esters is 1. The molecular formula is C45H48N2O8. The Morgan fingerprint density at radius 3 is 2.65 bits per heavy atom. The van der Waals surface area contributed by atoms with Gasteiger partial charge in [-0.15, -0.1) is 0 Å². The fourth-order valence-electron chi connectivity index (χ4n) is 9.70. The summed E-state index contributed by atoms with van der Waals surface area (Å²) in [5, 5.41) is 34.6. The van der Waals surface area contributed by atoms with E-state index in [2.05, 4.69) is 47.9 Å². The van der Waals surface area contributed by atoms with Crippen LogP contribution in [0.3, 0.4) is 0 Å². The van der Waals surface area contributed by atoms with E-state index >= 15 is 0 Å². The minimum atomic E-state index is -0.543. The number of aliphatic hydroxyl groups excluding tert-OH is 1. The van der Waals surface area contributed by atoms with Crippen LogP contribution in [0, 0.1) is 11.8 Å². The maximum absolute atomic E-state index is 12.2. The average Bonchev–Trinajstić information content (AvgIpc) is 3.76. The monoisotopic (exact) mass is 744 g/mol. The molecule has 10 heteroatoms. The van der Waals surface area contributed by atoms with E-state index in [0.717, 1.165) is 71.2 Å². The number of benzene rings is 4. The van der Waals surface area contributed by atoms with Crippen LogP contribution in [0.1, 0.15) is 72.4 Å². The van der Waals surface area contributed by atoms with Gasteiger partial charge in [0, 0.05) is 41.3 Å². The number of methoxy groups -OCH3 is 1. The number of phenols is 2. The van der Waals surface area contributed by atoms with E-state index in [1.165, 1.54) is 25.2 Å². The number of rotatable bonds is 11. The van der Waals surface area contributed by atoms with E-state index in [1.54, 1.807) is 18.2 Å². The summed E-state index contributed by atoms with van der Waals surface area (Å²) in [5.74, 6) is 1.43. The van der Waals surface area contributed by atoms with Crippen molar-refractivity contribution in [2.24, 2.45) is 17.6 Å². The lowest BCUT2D eigenvalue weighted by Gasteiger charge is -2.40. The fourth-order valence-corrected chi connectivity index (χ4v) is 9.70. The van der Waals surface area contributed by atoms with Gasteiger partial charge in [0.1, 0.15) is 30.0 Å². The summed E-state index contributed by atoms with van der Waals surface area (Å²) in [6.07, 6.45) is 10.8. The molecule has 2 aliphatic carbocycles. The number of aliphatic hydroxyl groups is 1. The van der Waals surface area contributed by atoms with E-state index in [-0.39, 0.29) is 47.5 Å². The Kier molecular flexibility index (Phi) is 9.96.